The molecule has 0 saturated carbocycles. The van der Waals surface area contributed by atoms with E-state index in [1.165, 1.54) is 70.9 Å². The van der Waals surface area contributed by atoms with Crippen LogP contribution in [-0.4, -0.2) is 194 Å². The van der Waals surface area contributed by atoms with E-state index in [1.807, 2.05) is 126 Å². The summed E-state index contributed by atoms with van der Waals surface area (Å²) in [5.41, 5.74) is 13.2. The SMILES string of the molecule is C.Cc1cc(Cn2cnc3c(cnn3-c3cccc(C)c3C)c2=O)ccc1Cl.Cc1cc(Cn2cnc3c(cnn3-c3ccccc3C)c2=O)ccc1Cl.Cc1ccc(C(=O)Cn2cnc3c(cnn3C3CCS(=O)(=O)C3)c2=O)c(C)c1.O=C(Cn1cnc2c(cnn2C2CCS(=O)(=O)C2)c1=O)c1ccc2c(c1)OCCO2.O=C(Cn1cnc2c(cnn2C2CCS(=O)(=O)C2)c1=O)c1ccc2c(c1)OCO2. The number of aromatic nitrogens is 20. The maximum atomic E-state index is 12.9. The van der Waals surface area contributed by atoms with Crippen LogP contribution >= 0.6 is 23.2 Å². The summed E-state index contributed by atoms with van der Waals surface area (Å²) in [6.45, 7) is 15.2. The van der Waals surface area contributed by atoms with Crippen molar-refractivity contribution in [2.75, 3.05) is 54.5 Å². The Morgan fingerprint density at radius 2 is 0.745 bits per heavy atom. The number of ether oxygens (including phenoxy) is 4. The number of carbonyl (C=O) groups excluding carboxylic acids is 3. The molecule has 0 aliphatic carbocycles. The summed E-state index contributed by atoms with van der Waals surface area (Å²) in [7, 11) is -9.27. The molecule has 0 N–H and O–H groups in total. The lowest BCUT2D eigenvalue weighted by molar-refractivity contribution is 0.0961. The van der Waals surface area contributed by atoms with Gasteiger partial charge >= 0.3 is 0 Å². The van der Waals surface area contributed by atoms with Gasteiger partial charge in [0.05, 0.1) is 128 Å². The van der Waals surface area contributed by atoms with Crippen LogP contribution in [0, 0.1) is 48.5 Å². The van der Waals surface area contributed by atoms with Crippen LogP contribution in [-0.2, 0) is 62.2 Å². The Bertz CT molecular complexity index is 8590. The van der Waals surface area contributed by atoms with E-state index in [0.29, 0.717) is 129 Å². The monoisotopic (exact) mass is 2000 g/mol. The van der Waals surface area contributed by atoms with Gasteiger partial charge in [0, 0.05) is 26.7 Å². The molecule has 0 spiro atoms. The Morgan fingerprint density at radius 3 is 1.18 bits per heavy atom. The molecule has 5 aliphatic heterocycles. The van der Waals surface area contributed by atoms with Crippen molar-refractivity contribution in [1.82, 2.24) is 96.7 Å². The first-order valence-electron chi connectivity index (χ1n) is 44.4. The van der Waals surface area contributed by atoms with Crippen molar-refractivity contribution >= 4 is 125 Å². The number of halogens is 2. The Labute approximate surface area is 814 Å². The third-order valence-corrected chi connectivity index (χ3v) is 31.1. The number of nitrogens with zero attached hydrogens (tertiary/aromatic N) is 20. The van der Waals surface area contributed by atoms with Gasteiger partial charge in [-0.1, -0.05) is 109 Å². The van der Waals surface area contributed by atoms with Gasteiger partial charge in [-0.3, -0.25) is 61.2 Å². The van der Waals surface area contributed by atoms with E-state index in [0.717, 1.165) is 60.9 Å². The molecule has 0 radical (unpaired) electrons. The van der Waals surface area contributed by atoms with E-state index in [9.17, 15) is 63.6 Å². The largest absolute Gasteiger partial charge is 0.486 e. The van der Waals surface area contributed by atoms with Crippen LogP contribution in [0.25, 0.3) is 66.5 Å². The summed E-state index contributed by atoms with van der Waals surface area (Å²) in [6.07, 6.45) is 15.7. The van der Waals surface area contributed by atoms with Crippen molar-refractivity contribution in [3.63, 3.8) is 0 Å². The molecule has 5 aliphatic rings. The van der Waals surface area contributed by atoms with Crippen LogP contribution in [0.4, 0.5) is 0 Å². The van der Waals surface area contributed by atoms with Crippen molar-refractivity contribution < 1.29 is 58.6 Å². The molecule has 3 unspecified atom stereocenters. The standard InChI is InChI=1S/C21H19ClN4O.C20H17ClN4O.C19H18N4O6S.C19H20N4O4S.C18H16N4O6S.CH4/c1-13-5-4-6-19(15(13)3)26-20-17(10-24-26)21(27)25(12-23-20)11-16-7-8-18(22)14(2)9-16;1-13-5-3-4-6-18(13)25-19-16(10-23-25)20(26)24(12-22-19)11-15-7-8-17(21)14(2)9-15;24-15(12-1-2-16-17(7-12)29-5-4-28-16)9-22-11-20-18-14(19(22)25)8-21-23(18)13-3-6-30(26,27)10-13;1-12-3-4-15(13(2)7-12)17(24)9-22-11-20-18-16(19(22)25)8-21-23(18)14-5-6-28(26,27)10-14;23-14(11-1-2-15-16(5-11)28-10-27-15)7-21-9-19-17-13(18(21)24)6-20-22(17)12-3-4-29(25,26)8-12;/h4-10,12H,11H2,1-3H3;3-10,12H,11H2,1-2H3;1-2,7-8,11,13H,3-6,9-10H2;3-4,7-8,11,14H,5-6,9-10H2,1-2H3;1-2,5-6,9,12H,3-4,7-8,10H2;1H4. The Kier molecular flexibility index (Phi) is 27.7. The lowest BCUT2D eigenvalue weighted by atomic mass is 10.0. The molecule has 3 saturated heterocycles. The summed E-state index contributed by atoms with van der Waals surface area (Å²) in [5, 5.41) is 24.6. The van der Waals surface area contributed by atoms with Gasteiger partial charge in [-0.05, 0) is 173 Å². The molecule has 10 aromatic heterocycles. The number of sulfone groups is 3. The lowest BCUT2D eigenvalue weighted by Gasteiger charge is -2.18. The highest BCUT2D eigenvalue weighted by molar-refractivity contribution is 7.92. The number of carbonyl (C=O) groups is 3. The first kappa shape index (κ1) is 97.6. The van der Waals surface area contributed by atoms with Gasteiger partial charge in [0.2, 0.25) is 6.79 Å². The molecule has 726 valence electrons. The molecular formula is C98H94Cl2N20O18S3. The molecule has 0 bridgehead atoms. The predicted octanol–water partition coefficient (Wildman–Crippen LogP) is 11.4. The molecule has 141 heavy (non-hydrogen) atoms. The molecule has 7 aromatic carbocycles. The van der Waals surface area contributed by atoms with Crippen molar-refractivity contribution in [3.8, 4) is 34.4 Å². The second-order valence-electron chi connectivity index (χ2n) is 34.8. The number of Topliss-reactive ketones (excluding diaryl/α,β-unsaturated/α-hetero) is 3. The number of fused-ring (bicyclic) bond motifs is 7. The summed E-state index contributed by atoms with van der Waals surface area (Å²) >= 11 is 12.2. The summed E-state index contributed by atoms with van der Waals surface area (Å²) in [4.78, 5) is 124. The molecule has 38 nitrogen and oxygen atoms in total. The second kappa shape index (κ2) is 40.0. The summed E-state index contributed by atoms with van der Waals surface area (Å²) in [5.74, 6) is 1.70. The number of para-hydroxylation sites is 1. The van der Waals surface area contributed by atoms with Crippen molar-refractivity contribution in [2.24, 2.45) is 0 Å². The topological polar surface area (TPSA) is 454 Å². The van der Waals surface area contributed by atoms with E-state index in [1.54, 1.807) is 86.0 Å². The molecule has 3 atom stereocenters. The highest BCUT2D eigenvalue weighted by atomic mass is 35.5. The molecule has 15 heterocycles. The third kappa shape index (κ3) is 20.6. The minimum absolute atomic E-state index is 0. The van der Waals surface area contributed by atoms with Gasteiger partial charge in [-0.25, -0.2) is 73.6 Å². The highest BCUT2D eigenvalue weighted by Crippen LogP contribution is 2.36. The van der Waals surface area contributed by atoms with Gasteiger partial charge < -0.3 is 18.9 Å². The zero-order chi connectivity index (χ0) is 98.5. The Morgan fingerprint density at radius 1 is 0.369 bits per heavy atom. The first-order valence-corrected chi connectivity index (χ1v) is 50.6. The van der Waals surface area contributed by atoms with Crippen LogP contribution in [0.1, 0.15) is 126 Å². The normalized spacial score (nSPS) is 16.2. The molecule has 3 fully saturated rings. The van der Waals surface area contributed by atoms with Gasteiger partial charge in [0.25, 0.3) is 27.8 Å². The predicted molar refractivity (Wildman–Crippen MR) is 529 cm³/mol. The van der Waals surface area contributed by atoms with E-state index >= 15 is 0 Å². The van der Waals surface area contributed by atoms with Crippen LogP contribution in [0.2, 0.25) is 10.0 Å². The number of rotatable bonds is 18. The van der Waals surface area contributed by atoms with E-state index < -0.39 is 40.6 Å². The molecule has 0 amide bonds. The fourth-order valence-electron chi connectivity index (χ4n) is 17.3. The smallest absolute Gasteiger partial charge is 0.264 e. The molecule has 17 aromatic rings. The second-order valence-corrected chi connectivity index (χ2v) is 42.3. The van der Waals surface area contributed by atoms with E-state index in [2.05, 4.69) is 63.4 Å². The number of hydrogen-bond donors (Lipinski definition) is 0. The van der Waals surface area contributed by atoms with Crippen LogP contribution < -0.4 is 46.7 Å². The zero-order valence-corrected chi connectivity index (χ0v) is 80.5. The fraction of sp³-hybridized carbons (Fsp3) is 0.286. The van der Waals surface area contributed by atoms with Crippen LogP contribution in [0.5, 0.6) is 23.0 Å². The van der Waals surface area contributed by atoms with Crippen LogP contribution in [0.15, 0.2) is 220 Å². The van der Waals surface area contributed by atoms with E-state index in [-0.39, 0.29) is 137 Å². The third-order valence-electron chi connectivity index (χ3n) is 25.0. The van der Waals surface area contributed by atoms with Crippen molar-refractivity contribution in [1.29, 1.82) is 0 Å². The fourth-order valence-corrected chi connectivity index (χ4v) is 22.6. The minimum Gasteiger partial charge on any atom is -0.486 e. The maximum Gasteiger partial charge on any atom is 0.264 e. The maximum absolute atomic E-state index is 12.9. The number of aryl methyl sites for hydroxylation is 6. The van der Waals surface area contributed by atoms with E-state index in [4.69, 9.17) is 42.1 Å². The Hall–Kier alpha value is -15.1. The lowest BCUT2D eigenvalue weighted by Crippen LogP contribution is -2.25. The molecular weight excluding hydrogens is 1910 g/mol. The van der Waals surface area contributed by atoms with Crippen molar-refractivity contribution in [2.45, 2.75) is 126 Å². The number of hydrogen-bond acceptors (Lipinski definition) is 28. The number of ketones is 3. The van der Waals surface area contributed by atoms with Gasteiger partial charge in [0.1, 0.15) is 71.8 Å². The van der Waals surface area contributed by atoms with Crippen molar-refractivity contribution in [3.05, 3.63) is 325 Å². The van der Waals surface area contributed by atoms with Gasteiger partial charge in [-0.15, -0.1) is 0 Å². The average Bonchev–Trinajstić information content (AvgIpc) is 1.64. The molecule has 43 heteroatoms. The number of benzene rings is 7. The van der Waals surface area contributed by atoms with Gasteiger partial charge in [0.15, 0.2) is 98.1 Å². The summed E-state index contributed by atoms with van der Waals surface area (Å²) in [6, 6.07) is 39.7. The molecule has 22 rings (SSSR count). The Balaban J connectivity index is 0.000000121. The highest BCUT2D eigenvalue weighted by Gasteiger charge is 2.35. The van der Waals surface area contributed by atoms with Crippen LogP contribution in [0.3, 0.4) is 0 Å². The van der Waals surface area contributed by atoms with Gasteiger partial charge in [-0.2, -0.15) is 25.5 Å². The zero-order valence-electron chi connectivity index (χ0n) is 76.5. The summed E-state index contributed by atoms with van der Waals surface area (Å²) < 4.78 is 107. The average molecular weight is 2010 g/mol. The quantitative estimate of drug-likeness (QED) is 0.0720. The minimum atomic E-state index is -3.10. The first-order chi connectivity index (χ1) is 67.1.